The van der Waals surface area contributed by atoms with E-state index in [1.165, 1.54) is 11.3 Å². The lowest BCUT2D eigenvalue weighted by molar-refractivity contribution is -0.250. The van der Waals surface area contributed by atoms with Gasteiger partial charge in [0.1, 0.15) is 22.1 Å². The Morgan fingerprint density at radius 2 is 1.85 bits per heavy atom. The molecule has 9 rings (SSSR count). The van der Waals surface area contributed by atoms with E-state index < -0.39 is 5.60 Å². The van der Waals surface area contributed by atoms with Crippen molar-refractivity contribution in [1.29, 1.82) is 5.26 Å². The Balaban J connectivity index is 1.10. The Labute approximate surface area is 245 Å². The Hall–Kier alpha value is -2.47. The zero-order valence-corrected chi connectivity index (χ0v) is 24.0. The minimum Gasteiger partial charge on any atom is -0.382 e. The number of rotatable bonds is 6. The number of aromatic nitrogens is 2. The molecule has 2 aromatic carbocycles. The predicted octanol–water partition coefficient (Wildman–Crippen LogP) is 7.99. The predicted molar refractivity (Wildman–Crippen MR) is 153 cm³/mol. The van der Waals surface area contributed by atoms with Gasteiger partial charge in [-0.05, 0) is 93.0 Å². The SMILES string of the molecule is N#Cc1ccc2nc(C3(O)[C@@H]4CC5C[C@H]3CC(OCc3c(-c6c(Cl)cccc6Cl)noc3C3CC3)(C5)C4)sc2c1. The van der Waals surface area contributed by atoms with Crippen molar-refractivity contribution in [2.45, 2.75) is 68.7 Å². The summed E-state index contributed by atoms with van der Waals surface area (Å²) in [7, 11) is 0. The van der Waals surface area contributed by atoms with Crippen LogP contribution >= 0.6 is 34.5 Å². The van der Waals surface area contributed by atoms with Crippen molar-refractivity contribution in [1.82, 2.24) is 10.1 Å². The second-order valence-electron chi connectivity index (χ2n) is 12.2. The summed E-state index contributed by atoms with van der Waals surface area (Å²) < 4.78 is 13.7. The van der Waals surface area contributed by atoms with Crippen molar-refractivity contribution in [2.75, 3.05) is 0 Å². The van der Waals surface area contributed by atoms with E-state index in [9.17, 15) is 10.4 Å². The fourth-order valence-electron chi connectivity index (χ4n) is 7.88. The molecule has 5 saturated carbocycles. The van der Waals surface area contributed by atoms with E-state index in [1.807, 2.05) is 30.3 Å². The maximum Gasteiger partial charge on any atom is 0.145 e. The minimum absolute atomic E-state index is 0.0811. The summed E-state index contributed by atoms with van der Waals surface area (Å²) in [6.07, 6.45) is 6.73. The lowest BCUT2D eigenvalue weighted by Crippen LogP contribution is -2.62. The highest BCUT2D eigenvalue weighted by Crippen LogP contribution is 2.65. The fourth-order valence-corrected chi connectivity index (χ4v) is 9.71. The zero-order valence-electron chi connectivity index (χ0n) is 21.7. The molecule has 3 unspecified atom stereocenters. The average Bonchev–Trinajstić information content (AvgIpc) is 3.55. The third-order valence-electron chi connectivity index (χ3n) is 9.73. The van der Waals surface area contributed by atoms with Crippen LogP contribution in [0, 0.1) is 29.1 Å². The zero-order chi connectivity index (χ0) is 27.2. The van der Waals surface area contributed by atoms with Crippen molar-refractivity contribution >= 4 is 44.8 Å². The number of fused-ring (bicyclic) bond motifs is 1. The van der Waals surface area contributed by atoms with Gasteiger partial charge in [0.15, 0.2) is 0 Å². The average molecular weight is 593 g/mol. The number of nitrogens with zero attached hydrogens (tertiary/aromatic N) is 3. The van der Waals surface area contributed by atoms with Crippen LogP contribution in [0.4, 0.5) is 0 Å². The summed E-state index contributed by atoms with van der Waals surface area (Å²) in [5, 5.41) is 27.9. The molecule has 1 N–H and O–H groups in total. The van der Waals surface area contributed by atoms with Crippen molar-refractivity contribution in [3.8, 4) is 17.3 Å². The van der Waals surface area contributed by atoms with Gasteiger partial charge in [0.05, 0.1) is 44.1 Å². The standard InChI is InChI=1S/C31H27Cl2N3O3S/c32-22-2-1-3-23(33)26(22)27-21(28(39-36-27)18-5-6-18)15-38-30-11-17-8-19(12-30)31(37,20(9-17)13-30)29-35-24-7-4-16(14-34)10-25(24)40-29/h1-4,7,10,17-20,37H,5-6,8-9,11-13,15H2/t17?,19-,20+,30?,31?. The van der Waals surface area contributed by atoms with Gasteiger partial charge in [0, 0.05) is 17.0 Å². The second-order valence-corrected chi connectivity index (χ2v) is 14.0. The van der Waals surface area contributed by atoms with Crippen LogP contribution in [0.15, 0.2) is 40.9 Å². The van der Waals surface area contributed by atoms with E-state index in [4.69, 9.17) is 37.4 Å². The summed E-state index contributed by atoms with van der Waals surface area (Å²) in [4.78, 5) is 4.89. The van der Waals surface area contributed by atoms with Gasteiger partial charge in [-0.3, -0.25) is 0 Å². The van der Waals surface area contributed by atoms with Crippen LogP contribution in [0.5, 0.6) is 0 Å². The molecule has 2 heterocycles. The monoisotopic (exact) mass is 591 g/mol. The first-order valence-electron chi connectivity index (χ1n) is 14.0. The lowest BCUT2D eigenvalue weighted by atomic mass is 9.48. The molecule has 5 fully saturated rings. The van der Waals surface area contributed by atoms with E-state index in [2.05, 4.69) is 11.2 Å². The Morgan fingerprint density at radius 1 is 1.10 bits per heavy atom. The van der Waals surface area contributed by atoms with Crippen LogP contribution in [0.25, 0.3) is 21.5 Å². The van der Waals surface area contributed by atoms with Crippen LogP contribution in [0.1, 0.15) is 72.8 Å². The highest BCUT2D eigenvalue weighted by atomic mass is 35.5. The van der Waals surface area contributed by atoms with Gasteiger partial charge >= 0.3 is 0 Å². The number of benzene rings is 2. The van der Waals surface area contributed by atoms with E-state index in [0.717, 1.165) is 71.5 Å². The number of hydrogen-bond donors (Lipinski definition) is 1. The van der Waals surface area contributed by atoms with Crippen molar-refractivity contribution in [3.63, 3.8) is 0 Å². The fraction of sp³-hybridized carbons (Fsp3) is 0.452. The van der Waals surface area contributed by atoms with Crippen molar-refractivity contribution < 1.29 is 14.4 Å². The number of nitriles is 1. The van der Waals surface area contributed by atoms with Gasteiger partial charge in [0.25, 0.3) is 0 Å². The molecule has 9 heteroatoms. The first kappa shape index (κ1) is 25.3. The smallest absolute Gasteiger partial charge is 0.145 e. The summed E-state index contributed by atoms with van der Waals surface area (Å²) in [5.74, 6) is 1.94. The second kappa shape index (κ2) is 9.01. The normalized spacial score (nSPS) is 30.7. The Bertz CT molecular complexity index is 1670. The molecule has 5 aliphatic rings. The van der Waals surface area contributed by atoms with Crippen LogP contribution in [0.2, 0.25) is 10.0 Å². The molecule has 40 heavy (non-hydrogen) atoms. The highest BCUT2D eigenvalue weighted by Gasteiger charge is 2.64. The molecule has 4 bridgehead atoms. The molecular weight excluding hydrogens is 565 g/mol. The summed E-state index contributed by atoms with van der Waals surface area (Å²) in [6.45, 7) is 0.384. The van der Waals surface area contributed by atoms with Crippen LogP contribution < -0.4 is 0 Å². The van der Waals surface area contributed by atoms with E-state index >= 15 is 0 Å². The van der Waals surface area contributed by atoms with Crippen LogP contribution in [0.3, 0.4) is 0 Å². The van der Waals surface area contributed by atoms with E-state index in [-0.39, 0.29) is 17.4 Å². The third-order valence-corrected chi connectivity index (χ3v) is 11.5. The topological polar surface area (TPSA) is 92.2 Å². The highest BCUT2D eigenvalue weighted by molar-refractivity contribution is 7.18. The Morgan fingerprint density at radius 3 is 2.55 bits per heavy atom. The number of ether oxygens (including phenoxy) is 1. The van der Waals surface area contributed by atoms with Crippen LogP contribution in [-0.4, -0.2) is 20.8 Å². The number of hydrogen-bond acceptors (Lipinski definition) is 7. The lowest BCUT2D eigenvalue weighted by Gasteiger charge is -2.62. The quantitative estimate of drug-likeness (QED) is 0.244. The summed E-state index contributed by atoms with van der Waals surface area (Å²) >= 11 is 14.7. The molecular formula is C31H27Cl2N3O3S. The molecule has 0 radical (unpaired) electrons. The minimum atomic E-state index is -0.965. The van der Waals surface area contributed by atoms with Gasteiger partial charge in [-0.2, -0.15) is 5.26 Å². The molecule has 5 atom stereocenters. The number of halogens is 2. The van der Waals surface area contributed by atoms with Gasteiger partial charge in [-0.1, -0.05) is 34.4 Å². The maximum absolute atomic E-state index is 12.3. The first-order chi connectivity index (χ1) is 19.4. The third kappa shape index (κ3) is 3.80. The number of thiazole rings is 1. The van der Waals surface area contributed by atoms with Crippen molar-refractivity contribution in [3.05, 3.63) is 68.3 Å². The molecule has 0 spiro atoms. The Kier molecular flexibility index (Phi) is 5.69. The number of aliphatic hydroxyl groups is 1. The molecule has 0 saturated heterocycles. The van der Waals surface area contributed by atoms with Gasteiger partial charge in [-0.15, -0.1) is 11.3 Å². The summed E-state index contributed by atoms with van der Waals surface area (Å²) in [6, 6.07) is 13.2. The maximum atomic E-state index is 12.3. The molecule has 204 valence electrons. The molecule has 4 aromatic rings. The first-order valence-corrected chi connectivity index (χ1v) is 15.5. The van der Waals surface area contributed by atoms with E-state index in [1.54, 1.807) is 6.07 Å². The molecule has 0 aliphatic heterocycles. The van der Waals surface area contributed by atoms with Crippen molar-refractivity contribution in [2.24, 2.45) is 17.8 Å². The largest absolute Gasteiger partial charge is 0.382 e. The van der Waals surface area contributed by atoms with Gasteiger partial charge < -0.3 is 14.4 Å². The molecule has 2 aromatic heterocycles. The summed E-state index contributed by atoms with van der Waals surface area (Å²) in [5.41, 5.74) is 2.50. The molecule has 5 aliphatic carbocycles. The van der Waals surface area contributed by atoms with E-state index in [0.29, 0.717) is 45.3 Å². The van der Waals surface area contributed by atoms with Crippen LogP contribution in [-0.2, 0) is 16.9 Å². The van der Waals surface area contributed by atoms with Gasteiger partial charge in [0.2, 0.25) is 0 Å². The van der Waals surface area contributed by atoms with Gasteiger partial charge in [-0.25, -0.2) is 4.98 Å². The molecule has 0 amide bonds. The molecule has 6 nitrogen and oxygen atoms in total.